The Morgan fingerprint density at radius 3 is 1.86 bits per heavy atom. The Labute approximate surface area is 208 Å². The first-order valence-corrected chi connectivity index (χ1v) is 11.6. The zero-order chi connectivity index (χ0) is 25.1. The van der Waals surface area contributed by atoms with Gasteiger partial charge in [0.15, 0.2) is 6.61 Å². The minimum absolute atomic E-state index is 0.286. The molecule has 36 heavy (non-hydrogen) atoms. The van der Waals surface area contributed by atoms with E-state index in [2.05, 4.69) is 0 Å². The van der Waals surface area contributed by atoms with Crippen LogP contribution in [0.3, 0.4) is 0 Å². The third-order valence-electron chi connectivity index (χ3n) is 6.28. The Morgan fingerprint density at radius 1 is 0.722 bits per heavy atom. The van der Waals surface area contributed by atoms with Crippen LogP contribution >= 0.6 is 0 Å². The fourth-order valence-electron chi connectivity index (χ4n) is 4.71. The number of carboxylic acid groups (broad SMARTS) is 1. The summed E-state index contributed by atoms with van der Waals surface area (Å²) in [5.74, 6) is -2.57. The SMILES string of the molecule is O=C(O)COc1cccc(-c2ccccc2N2C(=O)C(c3ccccc3)C(c3ccccc3)C2=O)c1. The molecule has 1 fully saturated rings. The second-order valence-electron chi connectivity index (χ2n) is 8.52. The zero-order valence-electron chi connectivity index (χ0n) is 19.3. The van der Waals surface area contributed by atoms with Gasteiger partial charge < -0.3 is 9.84 Å². The van der Waals surface area contributed by atoms with Crippen molar-refractivity contribution in [2.45, 2.75) is 11.8 Å². The van der Waals surface area contributed by atoms with Gasteiger partial charge in [0.25, 0.3) is 0 Å². The third kappa shape index (κ3) is 4.36. The third-order valence-corrected chi connectivity index (χ3v) is 6.28. The molecule has 4 aromatic rings. The lowest BCUT2D eigenvalue weighted by Gasteiger charge is -2.19. The van der Waals surface area contributed by atoms with Crippen molar-refractivity contribution in [3.8, 4) is 16.9 Å². The molecule has 2 unspecified atom stereocenters. The monoisotopic (exact) mass is 477 g/mol. The van der Waals surface area contributed by atoms with E-state index >= 15 is 0 Å². The zero-order valence-corrected chi connectivity index (χ0v) is 19.3. The van der Waals surface area contributed by atoms with Crippen molar-refractivity contribution in [2.24, 2.45) is 0 Å². The van der Waals surface area contributed by atoms with Gasteiger partial charge in [-0.2, -0.15) is 0 Å². The Hall–Kier alpha value is -4.71. The molecule has 178 valence electrons. The number of carboxylic acids is 1. The lowest BCUT2D eigenvalue weighted by Crippen LogP contribution is -2.31. The van der Waals surface area contributed by atoms with Crippen LogP contribution in [-0.4, -0.2) is 29.5 Å². The second kappa shape index (κ2) is 9.88. The number of carbonyl (C=O) groups excluding carboxylic acids is 2. The molecule has 2 atom stereocenters. The maximum absolute atomic E-state index is 13.9. The standard InChI is InChI=1S/C30H23NO5/c32-26(33)19-36-23-15-9-14-22(18-23)24-16-7-8-17-25(24)31-29(34)27(20-10-3-1-4-11-20)28(30(31)35)21-12-5-2-6-13-21/h1-18,27-28H,19H2,(H,32,33). The summed E-state index contributed by atoms with van der Waals surface area (Å²) < 4.78 is 5.34. The summed E-state index contributed by atoms with van der Waals surface area (Å²) in [7, 11) is 0. The fourth-order valence-corrected chi connectivity index (χ4v) is 4.71. The molecule has 6 heteroatoms. The number of hydrogen-bond acceptors (Lipinski definition) is 4. The molecule has 1 aliphatic rings. The van der Waals surface area contributed by atoms with Crippen LogP contribution in [0.25, 0.3) is 11.1 Å². The number of nitrogens with zero attached hydrogens (tertiary/aromatic N) is 1. The fraction of sp³-hybridized carbons (Fsp3) is 0.100. The van der Waals surface area contributed by atoms with Gasteiger partial charge >= 0.3 is 5.97 Å². The Bertz CT molecular complexity index is 1360. The number of carbonyl (C=O) groups is 3. The van der Waals surface area contributed by atoms with Gasteiger partial charge in [-0.1, -0.05) is 91.0 Å². The largest absolute Gasteiger partial charge is 0.482 e. The number of para-hydroxylation sites is 1. The number of rotatable bonds is 7. The number of hydrogen-bond donors (Lipinski definition) is 1. The summed E-state index contributed by atoms with van der Waals surface area (Å²) in [5, 5.41) is 8.94. The number of amides is 2. The van der Waals surface area contributed by atoms with Crippen LogP contribution in [0.1, 0.15) is 23.0 Å². The lowest BCUT2D eigenvalue weighted by atomic mass is 9.83. The van der Waals surface area contributed by atoms with Crippen LogP contribution in [0, 0.1) is 0 Å². The number of benzene rings is 4. The van der Waals surface area contributed by atoms with Crippen molar-refractivity contribution in [3.05, 3.63) is 120 Å². The van der Waals surface area contributed by atoms with Crippen molar-refractivity contribution >= 4 is 23.5 Å². The second-order valence-corrected chi connectivity index (χ2v) is 8.52. The highest BCUT2D eigenvalue weighted by molar-refractivity contribution is 6.26. The van der Waals surface area contributed by atoms with E-state index in [1.54, 1.807) is 30.3 Å². The molecule has 1 aliphatic heterocycles. The van der Waals surface area contributed by atoms with Gasteiger partial charge in [0.2, 0.25) is 11.8 Å². The van der Waals surface area contributed by atoms with Crippen molar-refractivity contribution in [1.82, 2.24) is 0 Å². The van der Waals surface area contributed by atoms with E-state index < -0.39 is 24.4 Å². The van der Waals surface area contributed by atoms with Crippen molar-refractivity contribution in [2.75, 3.05) is 11.5 Å². The number of imide groups is 1. The van der Waals surface area contributed by atoms with Gasteiger partial charge in [0, 0.05) is 5.56 Å². The molecule has 1 N–H and O–H groups in total. The molecule has 0 saturated carbocycles. The maximum atomic E-state index is 13.9. The van der Waals surface area contributed by atoms with E-state index in [9.17, 15) is 14.4 Å². The molecule has 6 nitrogen and oxygen atoms in total. The molecule has 4 aromatic carbocycles. The van der Waals surface area contributed by atoms with Crippen LogP contribution in [0.4, 0.5) is 5.69 Å². The summed E-state index contributed by atoms with van der Waals surface area (Å²) in [6.07, 6.45) is 0. The quantitative estimate of drug-likeness (QED) is 0.367. The Kier molecular flexibility index (Phi) is 6.33. The van der Waals surface area contributed by atoms with E-state index in [1.165, 1.54) is 4.90 Å². The molecule has 0 bridgehead atoms. The molecule has 0 spiro atoms. The van der Waals surface area contributed by atoms with Crippen molar-refractivity contribution in [3.63, 3.8) is 0 Å². The van der Waals surface area contributed by atoms with E-state index in [0.29, 0.717) is 22.6 Å². The minimum Gasteiger partial charge on any atom is -0.482 e. The molecule has 0 aliphatic carbocycles. The summed E-state index contributed by atoms with van der Waals surface area (Å²) in [6.45, 7) is -0.467. The van der Waals surface area contributed by atoms with Crippen LogP contribution in [-0.2, 0) is 14.4 Å². The molecular formula is C30H23NO5. The average Bonchev–Trinajstić information content (AvgIpc) is 3.18. The van der Waals surface area contributed by atoms with Crippen molar-refractivity contribution in [1.29, 1.82) is 0 Å². The van der Waals surface area contributed by atoms with Gasteiger partial charge in [-0.15, -0.1) is 0 Å². The van der Waals surface area contributed by atoms with E-state index in [4.69, 9.17) is 9.84 Å². The van der Waals surface area contributed by atoms with Crippen LogP contribution < -0.4 is 9.64 Å². The number of anilines is 1. The highest BCUT2D eigenvalue weighted by Crippen LogP contribution is 2.45. The summed E-state index contributed by atoms with van der Waals surface area (Å²) in [6, 6.07) is 32.9. The van der Waals surface area contributed by atoms with Gasteiger partial charge in [-0.05, 0) is 34.9 Å². The van der Waals surface area contributed by atoms with E-state index in [1.807, 2.05) is 78.9 Å². The summed E-state index contributed by atoms with van der Waals surface area (Å²) in [5.41, 5.74) is 3.42. The van der Waals surface area contributed by atoms with Crippen LogP contribution in [0.15, 0.2) is 109 Å². The van der Waals surface area contributed by atoms with Crippen LogP contribution in [0.5, 0.6) is 5.75 Å². The Morgan fingerprint density at radius 2 is 1.28 bits per heavy atom. The van der Waals surface area contributed by atoms with Gasteiger partial charge in [0.05, 0.1) is 17.5 Å². The summed E-state index contributed by atoms with van der Waals surface area (Å²) >= 11 is 0. The summed E-state index contributed by atoms with van der Waals surface area (Å²) in [4.78, 5) is 40.1. The first-order valence-electron chi connectivity index (χ1n) is 11.6. The van der Waals surface area contributed by atoms with E-state index in [-0.39, 0.29) is 11.8 Å². The molecule has 0 aromatic heterocycles. The highest BCUT2D eigenvalue weighted by atomic mass is 16.5. The number of aliphatic carboxylic acids is 1. The van der Waals surface area contributed by atoms with Crippen LogP contribution in [0.2, 0.25) is 0 Å². The minimum atomic E-state index is -1.08. The molecular weight excluding hydrogens is 454 g/mol. The molecule has 1 saturated heterocycles. The molecule has 5 rings (SSSR count). The maximum Gasteiger partial charge on any atom is 0.341 e. The predicted molar refractivity (Wildman–Crippen MR) is 136 cm³/mol. The van der Waals surface area contributed by atoms with Crippen molar-refractivity contribution < 1.29 is 24.2 Å². The first-order chi connectivity index (χ1) is 17.5. The topological polar surface area (TPSA) is 83.9 Å². The first kappa shape index (κ1) is 23.1. The number of ether oxygens (including phenoxy) is 1. The Balaban J connectivity index is 1.59. The lowest BCUT2D eigenvalue weighted by molar-refractivity contribution is -0.139. The van der Waals surface area contributed by atoms with Gasteiger partial charge in [-0.25, -0.2) is 9.69 Å². The van der Waals surface area contributed by atoms with Gasteiger partial charge in [0.1, 0.15) is 5.75 Å². The van der Waals surface area contributed by atoms with Gasteiger partial charge in [-0.3, -0.25) is 9.59 Å². The predicted octanol–water partition coefficient (Wildman–Crippen LogP) is 5.26. The smallest absolute Gasteiger partial charge is 0.341 e. The molecule has 2 amide bonds. The molecule has 1 heterocycles. The normalized spacial score (nSPS) is 17.3. The highest BCUT2D eigenvalue weighted by Gasteiger charge is 2.50. The average molecular weight is 478 g/mol. The van der Waals surface area contributed by atoms with E-state index in [0.717, 1.165) is 11.1 Å². The molecule has 0 radical (unpaired) electrons.